The molecular formula is C17H19N9O2. The van der Waals surface area contributed by atoms with Gasteiger partial charge in [-0.05, 0) is 36.0 Å². The van der Waals surface area contributed by atoms with Gasteiger partial charge in [-0.1, -0.05) is 41.6 Å². The van der Waals surface area contributed by atoms with Gasteiger partial charge in [0.15, 0.2) is 5.69 Å². The summed E-state index contributed by atoms with van der Waals surface area (Å²) < 4.78 is 5.92. The molecule has 2 aromatic heterocycles. The number of allylic oxidation sites excluding steroid dienone is 1. The molecule has 3 aromatic rings. The van der Waals surface area contributed by atoms with Gasteiger partial charge in [-0.3, -0.25) is 4.79 Å². The van der Waals surface area contributed by atoms with E-state index in [4.69, 9.17) is 5.73 Å². The molecule has 3 N–H and O–H groups in total. The van der Waals surface area contributed by atoms with Crippen LogP contribution in [0.4, 0.5) is 5.82 Å². The van der Waals surface area contributed by atoms with Crippen LogP contribution in [0.5, 0.6) is 0 Å². The zero-order valence-corrected chi connectivity index (χ0v) is 15.4. The minimum Gasteiger partial charge on any atom is -0.378 e. The molecule has 0 spiro atoms. The lowest BCUT2D eigenvalue weighted by Gasteiger charge is -2.10. The van der Waals surface area contributed by atoms with E-state index >= 15 is 0 Å². The summed E-state index contributed by atoms with van der Waals surface area (Å²) in [7, 11) is 3.69. The standard InChI is InChI=1S/C17H19N9O2/c1-25(2)11-13-14(20-24-26(13)16-15(18)22-28-23-16)17(27)21-19-10-6-9-12-7-4-3-5-8-12/h3-10H,11H2,1-2H3,(H2,18,22)(H,21,27)/b9-6+,19-10?. The Morgan fingerprint density at radius 1 is 1.32 bits per heavy atom. The maximum absolute atomic E-state index is 12.5. The van der Waals surface area contributed by atoms with E-state index in [1.807, 2.05) is 55.4 Å². The largest absolute Gasteiger partial charge is 0.378 e. The van der Waals surface area contributed by atoms with Crippen molar-refractivity contribution < 1.29 is 9.42 Å². The molecule has 0 radical (unpaired) electrons. The number of nitrogens with two attached hydrogens (primary N) is 1. The van der Waals surface area contributed by atoms with Crippen LogP contribution in [0.2, 0.25) is 0 Å². The minimum absolute atomic E-state index is 0.0425. The Morgan fingerprint density at radius 3 is 2.79 bits per heavy atom. The monoisotopic (exact) mass is 381 g/mol. The zero-order valence-electron chi connectivity index (χ0n) is 15.4. The highest BCUT2D eigenvalue weighted by Gasteiger charge is 2.24. The van der Waals surface area contributed by atoms with Crippen LogP contribution in [0.1, 0.15) is 21.7 Å². The summed E-state index contributed by atoms with van der Waals surface area (Å²) in [6.07, 6.45) is 5.05. The van der Waals surface area contributed by atoms with Crippen molar-refractivity contribution >= 4 is 24.0 Å². The first kappa shape index (κ1) is 18.9. The van der Waals surface area contributed by atoms with Crippen molar-refractivity contribution in [3.05, 3.63) is 53.4 Å². The molecule has 0 saturated heterocycles. The van der Waals surface area contributed by atoms with E-state index in [0.29, 0.717) is 12.2 Å². The molecule has 0 bridgehead atoms. The van der Waals surface area contributed by atoms with E-state index in [1.165, 1.54) is 10.9 Å². The van der Waals surface area contributed by atoms with Crippen molar-refractivity contribution in [3.8, 4) is 5.82 Å². The summed E-state index contributed by atoms with van der Waals surface area (Å²) >= 11 is 0. The van der Waals surface area contributed by atoms with Gasteiger partial charge in [-0.2, -0.15) is 9.78 Å². The highest BCUT2D eigenvalue weighted by atomic mass is 16.6. The number of nitrogens with zero attached hydrogens (tertiary/aromatic N) is 7. The van der Waals surface area contributed by atoms with Crippen LogP contribution in [0.3, 0.4) is 0 Å². The van der Waals surface area contributed by atoms with Gasteiger partial charge in [0.2, 0.25) is 11.6 Å². The molecule has 28 heavy (non-hydrogen) atoms. The number of hydrogen-bond acceptors (Lipinski definition) is 9. The number of aromatic nitrogens is 5. The molecule has 0 unspecified atom stereocenters. The number of rotatable bonds is 7. The Morgan fingerprint density at radius 2 is 2.11 bits per heavy atom. The normalized spacial score (nSPS) is 11.7. The summed E-state index contributed by atoms with van der Waals surface area (Å²) in [5.74, 6) is -0.305. The van der Waals surface area contributed by atoms with Crippen molar-refractivity contribution in [3.63, 3.8) is 0 Å². The Kier molecular flexibility index (Phi) is 5.87. The number of nitrogens with one attached hydrogen (secondary N) is 1. The van der Waals surface area contributed by atoms with Crippen molar-refractivity contribution in [2.24, 2.45) is 5.10 Å². The van der Waals surface area contributed by atoms with Crippen LogP contribution < -0.4 is 11.2 Å². The lowest BCUT2D eigenvalue weighted by Crippen LogP contribution is -2.23. The second-order valence-electron chi connectivity index (χ2n) is 6.00. The molecule has 144 valence electrons. The van der Waals surface area contributed by atoms with E-state index in [0.717, 1.165) is 5.56 Å². The molecule has 0 atom stereocenters. The number of amides is 1. The molecule has 3 rings (SSSR count). The number of benzene rings is 1. The molecule has 0 aliphatic rings. The Hall–Kier alpha value is -3.86. The summed E-state index contributed by atoms with van der Waals surface area (Å²) in [6.45, 7) is 0.361. The second kappa shape index (κ2) is 8.68. The fourth-order valence-corrected chi connectivity index (χ4v) is 2.34. The quantitative estimate of drug-likeness (QED) is 0.451. The fourth-order valence-electron chi connectivity index (χ4n) is 2.34. The van der Waals surface area contributed by atoms with Crippen LogP contribution in [-0.4, -0.2) is 56.4 Å². The van der Waals surface area contributed by atoms with E-state index in [2.05, 4.69) is 35.8 Å². The third-order valence-corrected chi connectivity index (χ3v) is 3.56. The van der Waals surface area contributed by atoms with Gasteiger partial charge in [-0.15, -0.1) is 5.10 Å². The van der Waals surface area contributed by atoms with Gasteiger partial charge >= 0.3 is 0 Å². The van der Waals surface area contributed by atoms with Gasteiger partial charge in [0, 0.05) is 12.8 Å². The third-order valence-electron chi connectivity index (χ3n) is 3.56. The first-order chi connectivity index (χ1) is 13.6. The SMILES string of the molecule is CN(C)Cc1c(C(=O)NN=C/C=C/c2ccccc2)nnn1-c1nonc1N. The summed E-state index contributed by atoms with van der Waals surface area (Å²) in [5.41, 5.74) is 9.74. The maximum atomic E-state index is 12.5. The van der Waals surface area contributed by atoms with E-state index < -0.39 is 5.91 Å². The van der Waals surface area contributed by atoms with E-state index in [-0.39, 0.29) is 17.3 Å². The van der Waals surface area contributed by atoms with Crippen molar-refractivity contribution in [2.75, 3.05) is 19.8 Å². The number of carbonyl (C=O) groups is 1. The number of nitrogen functional groups attached to an aromatic ring is 1. The third kappa shape index (κ3) is 4.45. The van der Waals surface area contributed by atoms with Gasteiger partial charge in [0.1, 0.15) is 0 Å². The van der Waals surface area contributed by atoms with Crippen molar-refractivity contribution in [1.82, 2.24) is 35.6 Å². The smallest absolute Gasteiger partial charge is 0.293 e. The first-order valence-electron chi connectivity index (χ1n) is 8.29. The summed E-state index contributed by atoms with van der Waals surface area (Å²) in [6, 6.07) is 9.72. The average molecular weight is 381 g/mol. The number of anilines is 1. The summed E-state index contributed by atoms with van der Waals surface area (Å²) in [4.78, 5) is 14.3. The van der Waals surface area contributed by atoms with Crippen LogP contribution in [-0.2, 0) is 6.54 Å². The molecular weight excluding hydrogens is 362 g/mol. The summed E-state index contributed by atoms with van der Waals surface area (Å²) in [5, 5.41) is 19.0. The van der Waals surface area contributed by atoms with Crippen LogP contribution in [0.25, 0.3) is 11.9 Å². The molecule has 1 aromatic carbocycles. The molecule has 2 heterocycles. The minimum atomic E-state index is -0.512. The second-order valence-corrected chi connectivity index (χ2v) is 6.00. The van der Waals surface area contributed by atoms with Gasteiger partial charge in [-0.25, -0.2) is 10.1 Å². The zero-order chi connectivity index (χ0) is 19.9. The lowest BCUT2D eigenvalue weighted by molar-refractivity contribution is 0.0948. The average Bonchev–Trinajstić information content (AvgIpc) is 3.27. The fraction of sp³-hybridized carbons (Fsp3) is 0.176. The van der Waals surface area contributed by atoms with Crippen LogP contribution >= 0.6 is 0 Å². The highest BCUT2D eigenvalue weighted by Crippen LogP contribution is 2.16. The van der Waals surface area contributed by atoms with Crippen molar-refractivity contribution in [1.29, 1.82) is 0 Å². The van der Waals surface area contributed by atoms with E-state index in [1.54, 1.807) is 6.08 Å². The predicted molar refractivity (Wildman–Crippen MR) is 102 cm³/mol. The predicted octanol–water partition coefficient (Wildman–Crippen LogP) is 0.723. The lowest BCUT2D eigenvalue weighted by atomic mass is 10.2. The van der Waals surface area contributed by atoms with E-state index in [9.17, 15) is 4.79 Å². The maximum Gasteiger partial charge on any atom is 0.293 e. The molecule has 0 aliphatic heterocycles. The molecule has 11 nitrogen and oxygen atoms in total. The van der Waals surface area contributed by atoms with Crippen LogP contribution in [0, 0.1) is 0 Å². The number of hydrazone groups is 1. The van der Waals surface area contributed by atoms with Crippen LogP contribution in [0.15, 0.2) is 46.1 Å². The van der Waals surface area contributed by atoms with Gasteiger partial charge < -0.3 is 10.6 Å². The Bertz CT molecular complexity index is 989. The molecule has 0 saturated carbocycles. The first-order valence-corrected chi connectivity index (χ1v) is 8.29. The Balaban J connectivity index is 1.74. The van der Waals surface area contributed by atoms with Gasteiger partial charge in [0.05, 0.1) is 5.69 Å². The van der Waals surface area contributed by atoms with Crippen molar-refractivity contribution in [2.45, 2.75) is 6.54 Å². The Labute approximate surface area is 160 Å². The highest BCUT2D eigenvalue weighted by molar-refractivity contribution is 5.94. The number of carbonyl (C=O) groups excluding carboxylic acids is 1. The molecule has 0 aliphatic carbocycles. The molecule has 0 fully saturated rings. The van der Waals surface area contributed by atoms with Gasteiger partial charge in [0.25, 0.3) is 5.91 Å². The molecule has 11 heteroatoms. The topological polar surface area (TPSA) is 140 Å². The molecule has 1 amide bonds. The number of hydrogen-bond donors (Lipinski definition) is 2.